The molecular weight excluding hydrogens is 242 g/mol. The Bertz CT molecular complexity index is 401. The van der Waals surface area contributed by atoms with E-state index in [0.29, 0.717) is 26.2 Å². The SMILES string of the molecule is CC(C(=O)N1CCN(C(=O)C(C)C)CC1)=C1CNC1. The smallest absolute Gasteiger partial charge is 0.249 e. The van der Waals surface area contributed by atoms with Gasteiger partial charge in [0.1, 0.15) is 0 Å². The first-order valence-electron chi connectivity index (χ1n) is 6.98. The second-order valence-corrected chi connectivity index (χ2v) is 5.60. The van der Waals surface area contributed by atoms with E-state index >= 15 is 0 Å². The van der Waals surface area contributed by atoms with Crippen LogP contribution < -0.4 is 5.32 Å². The van der Waals surface area contributed by atoms with Crippen LogP contribution in [0.1, 0.15) is 20.8 Å². The molecule has 106 valence electrons. The number of piperazine rings is 1. The van der Waals surface area contributed by atoms with Crippen LogP contribution in [0.15, 0.2) is 11.1 Å². The van der Waals surface area contributed by atoms with Gasteiger partial charge in [0.15, 0.2) is 0 Å². The van der Waals surface area contributed by atoms with Crippen LogP contribution in [-0.4, -0.2) is 60.9 Å². The molecule has 19 heavy (non-hydrogen) atoms. The highest BCUT2D eigenvalue weighted by Gasteiger charge is 2.27. The Morgan fingerprint density at radius 3 is 2.00 bits per heavy atom. The minimum atomic E-state index is 0.0344. The van der Waals surface area contributed by atoms with Gasteiger partial charge in [-0.2, -0.15) is 0 Å². The van der Waals surface area contributed by atoms with Crippen molar-refractivity contribution in [2.45, 2.75) is 20.8 Å². The van der Waals surface area contributed by atoms with Crippen molar-refractivity contribution in [3.05, 3.63) is 11.1 Å². The van der Waals surface area contributed by atoms with E-state index in [0.717, 1.165) is 18.7 Å². The van der Waals surface area contributed by atoms with Crippen LogP contribution >= 0.6 is 0 Å². The van der Waals surface area contributed by atoms with E-state index < -0.39 is 0 Å². The average molecular weight is 265 g/mol. The summed E-state index contributed by atoms with van der Waals surface area (Å²) in [6.07, 6.45) is 0. The normalized spacial score (nSPS) is 19.5. The first-order chi connectivity index (χ1) is 9.00. The predicted octanol–water partition coefficient (Wildman–Crippen LogP) is 0.233. The molecule has 0 bridgehead atoms. The van der Waals surface area contributed by atoms with E-state index in [1.165, 1.54) is 5.57 Å². The third kappa shape index (κ3) is 2.97. The van der Waals surface area contributed by atoms with E-state index in [2.05, 4.69) is 5.32 Å². The molecule has 5 nitrogen and oxygen atoms in total. The lowest BCUT2D eigenvalue weighted by Gasteiger charge is -2.36. The Morgan fingerprint density at radius 1 is 1.05 bits per heavy atom. The van der Waals surface area contributed by atoms with Crippen LogP contribution in [0.2, 0.25) is 0 Å². The molecule has 0 aromatic carbocycles. The molecule has 0 radical (unpaired) electrons. The van der Waals surface area contributed by atoms with Crippen molar-refractivity contribution in [2.75, 3.05) is 39.3 Å². The molecule has 2 fully saturated rings. The zero-order valence-electron chi connectivity index (χ0n) is 12.0. The quantitative estimate of drug-likeness (QED) is 0.727. The summed E-state index contributed by atoms with van der Waals surface area (Å²) < 4.78 is 0. The van der Waals surface area contributed by atoms with Crippen molar-refractivity contribution in [1.82, 2.24) is 15.1 Å². The zero-order chi connectivity index (χ0) is 14.0. The number of hydrogen-bond acceptors (Lipinski definition) is 3. The van der Waals surface area contributed by atoms with Gasteiger partial charge in [0.25, 0.3) is 0 Å². The molecule has 0 aromatic rings. The van der Waals surface area contributed by atoms with Crippen molar-refractivity contribution in [1.29, 1.82) is 0 Å². The van der Waals surface area contributed by atoms with Crippen molar-refractivity contribution in [3.8, 4) is 0 Å². The van der Waals surface area contributed by atoms with Gasteiger partial charge in [-0.15, -0.1) is 0 Å². The third-order valence-electron chi connectivity index (χ3n) is 3.90. The van der Waals surface area contributed by atoms with E-state index in [4.69, 9.17) is 0 Å². The molecule has 5 heteroatoms. The first-order valence-corrected chi connectivity index (χ1v) is 6.98. The van der Waals surface area contributed by atoms with Crippen LogP contribution in [0.25, 0.3) is 0 Å². The maximum atomic E-state index is 12.3. The standard InChI is InChI=1S/C14H23N3O2/c1-10(2)13(18)16-4-6-17(7-5-16)14(19)11(3)12-8-15-9-12/h10,15H,4-9H2,1-3H3. The van der Waals surface area contributed by atoms with Gasteiger partial charge in [0, 0.05) is 50.8 Å². The second kappa shape index (κ2) is 5.74. The summed E-state index contributed by atoms with van der Waals surface area (Å²) in [6, 6.07) is 0. The summed E-state index contributed by atoms with van der Waals surface area (Å²) >= 11 is 0. The maximum Gasteiger partial charge on any atom is 0.249 e. The lowest BCUT2D eigenvalue weighted by atomic mass is 10.0. The van der Waals surface area contributed by atoms with Crippen LogP contribution in [0, 0.1) is 5.92 Å². The molecule has 2 amide bonds. The lowest BCUT2D eigenvalue weighted by molar-refractivity contribution is -0.139. The van der Waals surface area contributed by atoms with Crippen molar-refractivity contribution >= 4 is 11.8 Å². The van der Waals surface area contributed by atoms with E-state index in [1.54, 1.807) is 0 Å². The minimum absolute atomic E-state index is 0.0344. The number of carbonyl (C=O) groups excluding carboxylic acids is 2. The Kier molecular flexibility index (Phi) is 4.24. The summed E-state index contributed by atoms with van der Waals surface area (Å²) in [6.45, 7) is 10.0. The fourth-order valence-electron chi connectivity index (χ4n) is 2.40. The molecule has 2 rings (SSSR count). The van der Waals surface area contributed by atoms with Gasteiger partial charge >= 0.3 is 0 Å². The van der Waals surface area contributed by atoms with Crippen LogP contribution in [0.4, 0.5) is 0 Å². The Labute approximate surface area is 114 Å². The summed E-state index contributed by atoms with van der Waals surface area (Å²) in [5, 5.41) is 3.15. The second-order valence-electron chi connectivity index (χ2n) is 5.60. The van der Waals surface area contributed by atoms with Gasteiger partial charge in [-0.1, -0.05) is 13.8 Å². The van der Waals surface area contributed by atoms with Crippen LogP contribution in [-0.2, 0) is 9.59 Å². The summed E-state index contributed by atoms with van der Waals surface area (Å²) in [5.41, 5.74) is 2.09. The molecule has 2 heterocycles. The van der Waals surface area contributed by atoms with Gasteiger partial charge in [-0.05, 0) is 12.5 Å². The minimum Gasteiger partial charge on any atom is -0.339 e. The highest BCUT2D eigenvalue weighted by Crippen LogP contribution is 2.14. The topological polar surface area (TPSA) is 52.7 Å². The highest BCUT2D eigenvalue weighted by molar-refractivity contribution is 5.94. The molecule has 2 saturated heterocycles. The number of rotatable bonds is 2. The van der Waals surface area contributed by atoms with Gasteiger partial charge in [-0.3, -0.25) is 9.59 Å². The van der Waals surface area contributed by atoms with Crippen LogP contribution in [0.3, 0.4) is 0 Å². The highest BCUT2D eigenvalue weighted by atomic mass is 16.2. The number of hydrogen-bond donors (Lipinski definition) is 1. The van der Waals surface area contributed by atoms with Crippen molar-refractivity contribution in [3.63, 3.8) is 0 Å². The molecular formula is C14H23N3O2. The lowest BCUT2D eigenvalue weighted by Crippen LogP contribution is -2.52. The molecule has 2 aliphatic heterocycles. The van der Waals surface area contributed by atoms with E-state index in [9.17, 15) is 9.59 Å². The molecule has 1 N–H and O–H groups in total. The number of amides is 2. The molecule has 0 spiro atoms. The van der Waals surface area contributed by atoms with Gasteiger partial charge in [0.05, 0.1) is 0 Å². The summed E-state index contributed by atoms with van der Waals surface area (Å²) in [5.74, 6) is 0.352. The third-order valence-corrected chi connectivity index (χ3v) is 3.90. The van der Waals surface area contributed by atoms with Crippen LogP contribution in [0.5, 0.6) is 0 Å². The van der Waals surface area contributed by atoms with Gasteiger partial charge in [0.2, 0.25) is 11.8 Å². The summed E-state index contributed by atoms with van der Waals surface area (Å²) in [4.78, 5) is 27.9. The van der Waals surface area contributed by atoms with Crippen molar-refractivity contribution in [2.24, 2.45) is 5.92 Å². The Hall–Kier alpha value is -1.36. The van der Waals surface area contributed by atoms with Gasteiger partial charge < -0.3 is 15.1 Å². The Balaban J connectivity index is 1.89. The van der Waals surface area contributed by atoms with Crippen molar-refractivity contribution < 1.29 is 9.59 Å². The molecule has 0 saturated carbocycles. The summed E-state index contributed by atoms with van der Waals surface area (Å²) in [7, 11) is 0. The number of carbonyl (C=O) groups is 2. The largest absolute Gasteiger partial charge is 0.339 e. The number of nitrogens with one attached hydrogen (secondary N) is 1. The fourth-order valence-corrected chi connectivity index (χ4v) is 2.40. The van der Waals surface area contributed by atoms with Gasteiger partial charge in [-0.25, -0.2) is 0 Å². The average Bonchev–Trinajstić information content (AvgIpc) is 2.35. The monoisotopic (exact) mass is 265 g/mol. The maximum absolute atomic E-state index is 12.3. The Morgan fingerprint density at radius 2 is 1.58 bits per heavy atom. The number of nitrogens with zero attached hydrogens (tertiary/aromatic N) is 2. The molecule has 0 aliphatic carbocycles. The van der Waals surface area contributed by atoms with E-state index in [1.807, 2.05) is 30.6 Å². The molecule has 0 unspecified atom stereocenters. The predicted molar refractivity (Wildman–Crippen MR) is 73.6 cm³/mol. The molecule has 2 aliphatic rings. The molecule has 0 atom stereocenters. The fraction of sp³-hybridized carbons (Fsp3) is 0.714. The van der Waals surface area contributed by atoms with E-state index in [-0.39, 0.29) is 17.7 Å². The zero-order valence-corrected chi connectivity index (χ0v) is 12.0. The first kappa shape index (κ1) is 14.1. The molecule has 0 aromatic heterocycles.